The van der Waals surface area contributed by atoms with E-state index in [4.69, 9.17) is 31.2 Å². The Labute approximate surface area is 419 Å². The highest BCUT2D eigenvalue weighted by atomic mass is 32.1. The van der Waals surface area contributed by atoms with Crippen molar-refractivity contribution in [2.24, 2.45) is 5.92 Å². The lowest BCUT2D eigenvalue weighted by Crippen LogP contribution is -2.54. The molecule has 2 fully saturated rings. The summed E-state index contributed by atoms with van der Waals surface area (Å²) >= 11 is 7.19. The van der Waals surface area contributed by atoms with Gasteiger partial charge in [0.1, 0.15) is 36.3 Å². The van der Waals surface area contributed by atoms with E-state index in [0.717, 1.165) is 38.7 Å². The van der Waals surface area contributed by atoms with Crippen LogP contribution in [0.4, 0.5) is 24.5 Å². The van der Waals surface area contributed by atoms with Gasteiger partial charge in [0.2, 0.25) is 5.91 Å². The number of nitriles is 1. The summed E-state index contributed by atoms with van der Waals surface area (Å²) in [6.45, 7) is 10.3. The van der Waals surface area contributed by atoms with Crippen LogP contribution in [-0.4, -0.2) is 125 Å². The fourth-order valence-corrected chi connectivity index (χ4v) is 10.2. The number of hydrogen-bond acceptors (Lipinski definition) is 13. The first-order valence-electron chi connectivity index (χ1n) is 23.1. The number of ether oxygens (including phenoxy) is 4. The number of thiocarbonyl (C=S) groups is 1. The van der Waals surface area contributed by atoms with Gasteiger partial charge in [-0.3, -0.25) is 24.1 Å². The molecule has 376 valence electrons. The molecule has 2 saturated heterocycles. The number of nitrogens with zero attached hydrogens (tertiary/aromatic N) is 6. The number of aliphatic hydroxyl groups is 1. The van der Waals surface area contributed by atoms with E-state index in [1.165, 1.54) is 28.0 Å². The third-order valence-electron chi connectivity index (χ3n) is 12.5. The van der Waals surface area contributed by atoms with Crippen LogP contribution >= 0.6 is 23.6 Å². The minimum Gasteiger partial charge on any atom is -0.493 e. The van der Waals surface area contributed by atoms with Crippen LogP contribution < -0.4 is 14.5 Å². The fraction of sp³-hybridized carbons (Fsp3) is 0.431. The fourth-order valence-electron chi connectivity index (χ4n) is 8.90. The zero-order valence-electron chi connectivity index (χ0n) is 39.9. The number of carbonyl (C=O) groups is 4. The summed E-state index contributed by atoms with van der Waals surface area (Å²) < 4.78 is 64.1. The molecule has 0 unspecified atom stereocenters. The summed E-state index contributed by atoms with van der Waals surface area (Å²) in [5.41, 5.74) is 2.27. The predicted octanol–water partition coefficient (Wildman–Crippen LogP) is 7.27. The molecule has 0 aliphatic carbocycles. The van der Waals surface area contributed by atoms with Crippen LogP contribution in [-0.2, 0) is 46.0 Å². The van der Waals surface area contributed by atoms with E-state index in [2.05, 4.69) is 4.98 Å². The van der Waals surface area contributed by atoms with Crippen LogP contribution in [0.2, 0.25) is 0 Å². The van der Waals surface area contributed by atoms with Crippen molar-refractivity contribution < 1.29 is 56.4 Å². The summed E-state index contributed by atoms with van der Waals surface area (Å²) in [6, 6.07) is 17.6. The Morgan fingerprint density at radius 2 is 1.61 bits per heavy atom. The maximum atomic E-state index is 14.1. The van der Waals surface area contributed by atoms with Gasteiger partial charge in [-0.15, -0.1) is 11.3 Å². The van der Waals surface area contributed by atoms with Gasteiger partial charge in [-0.05, 0) is 98.9 Å². The number of halogens is 3. The van der Waals surface area contributed by atoms with Gasteiger partial charge in [0.15, 0.2) is 10.9 Å². The number of rotatable bonds is 21. The van der Waals surface area contributed by atoms with Gasteiger partial charge in [0, 0.05) is 31.1 Å². The molecule has 15 nitrogen and oxygen atoms in total. The number of thiazole rings is 1. The van der Waals surface area contributed by atoms with Crippen molar-refractivity contribution in [2.45, 2.75) is 83.8 Å². The molecule has 0 spiro atoms. The first-order chi connectivity index (χ1) is 33.8. The summed E-state index contributed by atoms with van der Waals surface area (Å²) in [4.78, 5) is 65.4. The molecule has 1 aromatic heterocycles. The molecular formula is C51H55F3N6O9S2. The van der Waals surface area contributed by atoms with E-state index in [1.54, 1.807) is 54.3 Å². The quantitative estimate of drug-likeness (QED) is 0.0653. The first kappa shape index (κ1) is 52.6. The molecule has 3 atom stereocenters. The number of amides is 3. The van der Waals surface area contributed by atoms with E-state index in [-0.39, 0.29) is 99.9 Å². The lowest BCUT2D eigenvalue weighted by molar-refractivity contribution is -0.147. The number of alkyl halides is 3. The summed E-state index contributed by atoms with van der Waals surface area (Å²) in [6.07, 6.45) is -3.47. The number of benzene rings is 3. The summed E-state index contributed by atoms with van der Waals surface area (Å²) in [5.74, 6) is -0.832. The smallest absolute Gasteiger partial charge is 0.417 e. The van der Waals surface area contributed by atoms with E-state index in [0.29, 0.717) is 23.6 Å². The van der Waals surface area contributed by atoms with Gasteiger partial charge in [0.25, 0.3) is 11.8 Å². The number of hydrogen-bond donors (Lipinski definition) is 1. The van der Waals surface area contributed by atoms with Crippen LogP contribution in [0.3, 0.4) is 0 Å². The number of β-amino-alcohol motifs (C(OH)–C–C–N with tert-alkyl or cyclic N) is 1. The zero-order chi connectivity index (χ0) is 51.2. The second-order valence-corrected chi connectivity index (χ2v) is 19.4. The predicted molar refractivity (Wildman–Crippen MR) is 262 cm³/mol. The maximum Gasteiger partial charge on any atom is 0.417 e. The third kappa shape index (κ3) is 11.9. The molecule has 4 heterocycles. The van der Waals surface area contributed by atoms with Crippen molar-refractivity contribution in [3.8, 4) is 22.3 Å². The van der Waals surface area contributed by atoms with E-state index in [9.17, 15) is 42.7 Å². The van der Waals surface area contributed by atoms with Crippen molar-refractivity contribution in [1.29, 1.82) is 5.26 Å². The third-order valence-corrected chi connectivity index (χ3v) is 13.8. The highest BCUT2D eigenvalue weighted by Crippen LogP contribution is 2.40. The molecule has 71 heavy (non-hydrogen) atoms. The van der Waals surface area contributed by atoms with E-state index in [1.807, 2.05) is 50.5 Å². The van der Waals surface area contributed by atoms with E-state index >= 15 is 0 Å². The SMILES string of the molecule is Cc1ncsc1-c1ccc(CCC(=O)[C@@H]2C[C@@H](O)CN2C(=O)[C@H](C(C)C)N2CC(OCCOCCOCCOc3ccc(N4C(=S)N(c5ccc(C#N)c(C(F)(F)F)c5)C(=O)C4(C)C)cc3)=CC2=O)cc1. The highest BCUT2D eigenvalue weighted by Gasteiger charge is 2.51. The van der Waals surface area contributed by atoms with E-state index < -0.39 is 46.9 Å². The number of anilines is 2. The molecule has 4 aromatic rings. The van der Waals surface area contributed by atoms with Crippen molar-refractivity contribution in [3.05, 3.63) is 106 Å². The number of carbonyl (C=O) groups excluding carboxylic acids is 4. The van der Waals surface area contributed by atoms with Gasteiger partial charge in [-0.2, -0.15) is 18.4 Å². The Morgan fingerprint density at radius 3 is 2.23 bits per heavy atom. The Balaban J connectivity index is 0.798. The Kier molecular flexibility index (Phi) is 16.6. The van der Waals surface area contributed by atoms with Gasteiger partial charge >= 0.3 is 6.18 Å². The van der Waals surface area contributed by atoms with Crippen LogP contribution in [0.5, 0.6) is 5.75 Å². The number of likely N-dealkylation sites (tertiary alicyclic amines) is 1. The number of aryl methyl sites for hydroxylation is 2. The molecule has 20 heteroatoms. The number of Topliss-reactive ketones (excluding diaryl/α,β-unsaturated/α-hetero) is 1. The van der Waals surface area contributed by atoms with Gasteiger partial charge in [-0.1, -0.05) is 38.1 Å². The minimum atomic E-state index is -4.81. The van der Waals surface area contributed by atoms with Crippen molar-refractivity contribution >= 4 is 63.5 Å². The Morgan fingerprint density at radius 1 is 0.958 bits per heavy atom. The van der Waals surface area contributed by atoms with Gasteiger partial charge in [-0.25, -0.2) is 4.98 Å². The maximum absolute atomic E-state index is 14.1. The number of ketones is 1. The highest BCUT2D eigenvalue weighted by molar-refractivity contribution is 7.81. The molecule has 0 bridgehead atoms. The average Bonchev–Trinajstić information content (AvgIpc) is 4.09. The van der Waals surface area contributed by atoms with Gasteiger partial charge in [0.05, 0.1) is 84.1 Å². The monoisotopic (exact) mass is 1020 g/mol. The minimum absolute atomic E-state index is 0.00932. The largest absolute Gasteiger partial charge is 0.493 e. The van der Waals surface area contributed by atoms with Crippen LogP contribution in [0.1, 0.15) is 62.9 Å². The second kappa shape index (κ2) is 22.5. The summed E-state index contributed by atoms with van der Waals surface area (Å²) in [5, 5.41) is 19.8. The zero-order valence-corrected chi connectivity index (χ0v) is 41.6. The lowest BCUT2D eigenvalue weighted by atomic mass is 9.98. The van der Waals surface area contributed by atoms with Crippen LogP contribution in [0.15, 0.2) is 84.1 Å². The Hall–Kier alpha value is -6.24. The molecule has 3 aliphatic rings. The molecule has 3 aromatic carbocycles. The molecule has 3 amide bonds. The van der Waals surface area contributed by atoms with Crippen LogP contribution in [0.25, 0.3) is 10.4 Å². The normalized spacial score (nSPS) is 18.4. The van der Waals surface area contributed by atoms with Crippen LogP contribution in [0, 0.1) is 24.2 Å². The molecule has 0 saturated carbocycles. The molecule has 1 N–H and O–H groups in total. The van der Waals surface area contributed by atoms with Crippen molar-refractivity contribution in [2.75, 3.05) is 62.5 Å². The van der Waals surface area contributed by atoms with Crippen molar-refractivity contribution in [3.63, 3.8) is 0 Å². The molecule has 3 aliphatic heterocycles. The number of aliphatic hydroxyl groups excluding tert-OH is 1. The number of aromatic nitrogens is 1. The standard InChI is InChI=1S/C51H55F3N6O9S2/c1-31(2)45(47(64)57-28-38(61)25-42(57)43(62)17-8-33-6-9-34(10-7-33)46-32(3)56-30-71-46)58-29-40(26-44(58)63)69-23-21-67-19-18-66-20-22-68-39-15-13-36(14-16-39)60-49(70)59(48(65)50(60,4)5)37-12-11-35(27-55)41(24-37)51(52,53)54/h6-7,9-16,24,26,30-31,38,42,45,61H,8,17-23,25,28-29H2,1-5H3/t38-,42+,45+/m1/s1. The Bertz CT molecular complexity index is 2690. The lowest BCUT2D eigenvalue weighted by Gasteiger charge is -2.35. The van der Waals surface area contributed by atoms with Gasteiger partial charge < -0.3 is 38.8 Å². The average molecular weight is 1020 g/mol. The van der Waals surface area contributed by atoms with Crippen molar-refractivity contribution in [1.82, 2.24) is 14.8 Å². The second-order valence-electron chi connectivity index (χ2n) is 18.2. The summed E-state index contributed by atoms with van der Waals surface area (Å²) in [7, 11) is 0. The first-order valence-corrected chi connectivity index (χ1v) is 24.4. The molecular weight excluding hydrogens is 962 g/mol. The molecule has 0 radical (unpaired) electrons. The topological polar surface area (TPSA) is 175 Å². The molecule has 7 rings (SSSR count).